The van der Waals surface area contributed by atoms with Gasteiger partial charge in [-0.2, -0.15) is 23.6 Å². The normalized spacial score (nSPS) is 12.9. The van der Waals surface area contributed by atoms with Crippen molar-refractivity contribution < 1.29 is 31.7 Å². The maximum absolute atomic E-state index is 14.1. The van der Waals surface area contributed by atoms with E-state index in [1.165, 1.54) is 13.2 Å². The van der Waals surface area contributed by atoms with Crippen LogP contribution in [0.4, 0.5) is 17.6 Å². The van der Waals surface area contributed by atoms with Crippen molar-refractivity contribution in [3.05, 3.63) is 35.5 Å². The van der Waals surface area contributed by atoms with Crippen LogP contribution >= 0.6 is 0 Å². The number of benzene rings is 1. The summed E-state index contributed by atoms with van der Waals surface area (Å²) in [5.74, 6) is -3.58. The second-order valence-electron chi connectivity index (χ2n) is 5.05. The molecule has 0 fully saturated rings. The molecule has 0 aliphatic carbocycles. The van der Waals surface area contributed by atoms with Crippen molar-refractivity contribution in [1.82, 2.24) is 20.9 Å². The van der Waals surface area contributed by atoms with E-state index >= 15 is 0 Å². The second-order valence-corrected chi connectivity index (χ2v) is 5.05. The van der Waals surface area contributed by atoms with Crippen molar-refractivity contribution in [3.63, 3.8) is 0 Å². The largest absolute Gasteiger partial charge is 0.471 e. The van der Waals surface area contributed by atoms with Crippen LogP contribution in [-0.4, -0.2) is 35.7 Å². The molecule has 2 N–H and O–H groups in total. The molecule has 0 saturated carbocycles. The standard InChI is InChI=1S/C14H14F4N4O3/c1-7(21-24-2)6-19-12(23)9-4-3-8(5-10(9)15)11-20-13(25-22-11)14(16,17)18/h3-5,7,21H,6H2,1-2H3,(H,19,23). The van der Waals surface area contributed by atoms with E-state index in [1.807, 2.05) is 0 Å². The first-order chi connectivity index (χ1) is 11.7. The number of alkyl halides is 3. The minimum absolute atomic E-state index is 0.0530. The van der Waals surface area contributed by atoms with Gasteiger partial charge in [-0.25, -0.2) is 4.39 Å². The molecule has 1 atom stereocenters. The van der Waals surface area contributed by atoms with Crippen LogP contribution in [0.15, 0.2) is 22.7 Å². The number of carbonyl (C=O) groups excluding carboxylic acids is 1. The first-order valence-corrected chi connectivity index (χ1v) is 7.00. The van der Waals surface area contributed by atoms with E-state index in [-0.39, 0.29) is 23.7 Å². The Kier molecular flexibility index (Phi) is 5.69. The number of carbonyl (C=O) groups is 1. The lowest BCUT2D eigenvalue weighted by molar-refractivity contribution is -0.159. The Morgan fingerprint density at radius 3 is 2.68 bits per heavy atom. The molecule has 2 aromatic rings. The Labute approximate surface area is 139 Å². The third-order valence-corrected chi connectivity index (χ3v) is 3.03. The molecule has 1 amide bonds. The Hall–Kier alpha value is -2.53. The molecular formula is C14H14F4N4O3. The molecule has 0 aliphatic heterocycles. The average molecular weight is 362 g/mol. The highest BCUT2D eigenvalue weighted by atomic mass is 19.4. The monoisotopic (exact) mass is 362 g/mol. The third kappa shape index (κ3) is 4.73. The maximum Gasteiger partial charge on any atom is 0.471 e. The number of halogens is 4. The average Bonchev–Trinajstić information content (AvgIpc) is 3.03. The lowest BCUT2D eigenvalue weighted by atomic mass is 10.1. The van der Waals surface area contributed by atoms with Crippen LogP contribution in [0.25, 0.3) is 11.4 Å². The molecule has 1 aromatic heterocycles. The highest BCUT2D eigenvalue weighted by molar-refractivity contribution is 5.94. The second kappa shape index (κ2) is 7.57. The van der Waals surface area contributed by atoms with E-state index < -0.39 is 29.6 Å². The van der Waals surface area contributed by atoms with Gasteiger partial charge in [-0.15, -0.1) is 0 Å². The van der Waals surface area contributed by atoms with E-state index in [9.17, 15) is 22.4 Å². The summed E-state index contributed by atoms with van der Waals surface area (Å²) in [4.78, 5) is 19.8. The van der Waals surface area contributed by atoms with Crippen molar-refractivity contribution in [2.75, 3.05) is 13.7 Å². The molecule has 1 unspecified atom stereocenters. The fourth-order valence-electron chi connectivity index (χ4n) is 1.88. The summed E-state index contributed by atoms with van der Waals surface area (Å²) < 4.78 is 55.5. The van der Waals surface area contributed by atoms with Gasteiger partial charge in [0.2, 0.25) is 5.82 Å². The van der Waals surface area contributed by atoms with Crippen LogP contribution in [0.1, 0.15) is 23.2 Å². The molecule has 0 spiro atoms. The molecular weight excluding hydrogens is 348 g/mol. The summed E-state index contributed by atoms with van der Waals surface area (Å²) in [5.41, 5.74) is 2.26. The number of nitrogens with zero attached hydrogens (tertiary/aromatic N) is 2. The van der Waals surface area contributed by atoms with Gasteiger partial charge in [0.25, 0.3) is 5.91 Å². The fourth-order valence-corrected chi connectivity index (χ4v) is 1.88. The zero-order valence-corrected chi connectivity index (χ0v) is 13.1. The topological polar surface area (TPSA) is 89.3 Å². The van der Waals surface area contributed by atoms with Crippen molar-refractivity contribution in [1.29, 1.82) is 0 Å². The maximum atomic E-state index is 14.1. The van der Waals surface area contributed by atoms with E-state index in [4.69, 9.17) is 0 Å². The van der Waals surface area contributed by atoms with Crippen molar-refractivity contribution in [2.45, 2.75) is 19.1 Å². The lowest BCUT2D eigenvalue weighted by Crippen LogP contribution is -2.38. The van der Waals surface area contributed by atoms with Gasteiger partial charge >= 0.3 is 12.1 Å². The number of amides is 1. The minimum atomic E-state index is -4.80. The summed E-state index contributed by atoms with van der Waals surface area (Å²) in [6.07, 6.45) is -4.80. The van der Waals surface area contributed by atoms with Crippen LogP contribution in [0.3, 0.4) is 0 Å². The van der Waals surface area contributed by atoms with E-state index in [0.29, 0.717) is 0 Å². The minimum Gasteiger partial charge on any atom is -0.350 e. The van der Waals surface area contributed by atoms with Gasteiger partial charge in [0.05, 0.1) is 12.7 Å². The molecule has 2 rings (SSSR count). The number of aromatic nitrogens is 2. The van der Waals surface area contributed by atoms with E-state index in [0.717, 1.165) is 12.1 Å². The Balaban J connectivity index is 2.12. The Morgan fingerprint density at radius 1 is 1.40 bits per heavy atom. The van der Waals surface area contributed by atoms with Gasteiger partial charge in [-0.3, -0.25) is 4.79 Å². The van der Waals surface area contributed by atoms with Crippen LogP contribution in [0.2, 0.25) is 0 Å². The quantitative estimate of drug-likeness (QED) is 0.605. The molecule has 0 saturated heterocycles. The first kappa shape index (κ1) is 18.8. The molecule has 136 valence electrons. The summed E-state index contributed by atoms with van der Waals surface area (Å²) in [6, 6.07) is 2.99. The number of hydrogen-bond donors (Lipinski definition) is 2. The number of rotatable bonds is 6. The number of hydroxylamine groups is 1. The molecule has 1 aromatic carbocycles. The highest BCUT2D eigenvalue weighted by Crippen LogP contribution is 2.29. The zero-order valence-electron chi connectivity index (χ0n) is 13.1. The van der Waals surface area contributed by atoms with Gasteiger partial charge in [-0.1, -0.05) is 11.2 Å². The third-order valence-electron chi connectivity index (χ3n) is 3.03. The smallest absolute Gasteiger partial charge is 0.350 e. The predicted molar refractivity (Wildman–Crippen MR) is 76.6 cm³/mol. The number of nitrogens with one attached hydrogen (secondary N) is 2. The zero-order chi connectivity index (χ0) is 18.6. The van der Waals surface area contributed by atoms with Gasteiger partial charge < -0.3 is 14.7 Å². The molecule has 0 bridgehead atoms. The fraction of sp³-hybridized carbons (Fsp3) is 0.357. The molecule has 0 radical (unpaired) electrons. The Morgan fingerprint density at radius 2 is 2.12 bits per heavy atom. The Bertz CT molecular complexity index is 748. The van der Waals surface area contributed by atoms with Crippen molar-refractivity contribution in [2.24, 2.45) is 0 Å². The van der Waals surface area contributed by atoms with Crippen LogP contribution in [0.5, 0.6) is 0 Å². The SMILES string of the molecule is CONC(C)CNC(=O)c1ccc(-c2noc(C(F)(F)F)n2)cc1F. The van der Waals surface area contributed by atoms with Crippen molar-refractivity contribution >= 4 is 5.91 Å². The summed E-state index contributed by atoms with van der Waals surface area (Å²) in [5, 5.41) is 5.64. The molecule has 0 aliphatic rings. The van der Waals surface area contributed by atoms with Gasteiger partial charge in [0.1, 0.15) is 5.82 Å². The summed E-state index contributed by atoms with van der Waals surface area (Å²) in [6.45, 7) is 1.91. The number of hydrogen-bond acceptors (Lipinski definition) is 6. The van der Waals surface area contributed by atoms with Gasteiger partial charge in [-0.05, 0) is 19.1 Å². The predicted octanol–water partition coefficient (Wildman–Crippen LogP) is 2.16. The first-order valence-electron chi connectivity index (χ1n) is 7.00. The van der Waals surface area contributed by atoms with Crippen molar-refractivity contribution in [3.8, 4) is 11.4 Å². The highest BCUT2D eigenvalue weighted by Gasteiger charge is 2.38. The van der Waals surface area contributed by atoms with E-state index in [1.54, 1.807) is 6.92 Å². The van der Waals surface area contributed by atoms with Crippen LogP contribution < -0.4 is 10.8 Å². The molecule has 25 heavy (non-hydrogen) atoms. The molecule has 11 heteroatoms. The van der Waals surface area contributed by atoms with Gasteiger partial charge in [0.15, 0.2) is 0 Å². The lowest BCUT2D eigenvalue weighted by Gasteiger charge is -2.13. The van der Waals surface area contributed by atoms with Crippen LogP contribution in [0, 0.1) is 5.82 Å². The van der Waals surface area contributed by atoms with E-state index in [2.05, 4.69) is 30.3 Å². The van der Waals surface area contributed by atoms with Crippen LogP contribution in [-0.2, 0) is 11.0 Å². The van der Waals surface area contributed by atoms with Gasteiger partial charge in [0, 0.05) is 18.2 Å². The summed E-state index contributed by atoms with van der Waals surface area (Å²) in [7, 11) is 1.42. The summed E-state index contributed by atoms with van der Waals surface area (Å²) >= 11 is 0. The molecule has 1 heterocycles. The molecule has 7 nitrogen and oxygen atoms in total.